The van der Waals surface area contributed by atoms with Crippen LogP contribution in [-0.2, 0) is 24.3 Å². The number of nitrogens with zero attached hydrogens (tertiary/aromatic N) is 2. The van der Waals surface area contributed by atoms with Gasteiger partial charge < -0.3 is 9.84 Å². The van der Waals surface area contributed by atoms with Crippen LogP contribution in [0, 0.1) is 0 Å². The van der Waals surface area contributed by atoms with Crippen molar-refractivity contribution in [3.05, 3.63) is 18.0 Å². The number of esters is 1. The maximum absolute atomic E-state index is 11.8. The molecule has 9 nitrogen and oxygen atoms in total. The Morgan fingerprint density at radius 1 is 1.48 bits per heavy atom. The molecule has 1 aliphatic carbocycles. The molecule has 1 saturated carbocycles. The van der Waals surface area contributed by atoms with Crippen LogP contribution in [0.15, 0.2) is 12.3 Å². The number of methoxy groups -OCH3 is 1. The van der Waals surface area contributed by atoms with E-state index < -0.39 is 33.1 Å². The van der Waals surface area contributed by atoms with Crippen molar-refractivity contribution >= 4 is 27.9 Å². The molecule has 1 unspecified atom stereocenters. The molecule has 0 aromatic carbocycles. The summed E-state index contributed by atoms with van der Waals surface area (Å²) >= 11 is 0. The summed E-state index contributed by atoms with van der Waals surface area (Å²) in [5.41, 5.74) is -0.155. The molecule has 1 aliphatic rings. The van der Waals surface area contributed by atoms with Gasteiger partial charge in [0.25, 0.3) is 0 Å². The minimum absolute atomic E-state index is 0.155. The highest BCUT2D eigenvalue weighted by Gasteiger charge is 2.37. The van der Waals surface area contributed by atoms with Gasteiger partial charge in [-0.3, -0.25) is 14.3 Å². The van der Waals surface area contributed by atoms with Gasteiger partial charge in [0.2, 0.25) is 16.0 Å². The Kier molecular flexibility index (Phi) is 4.07. The highest BCUT2D eigenvalue weighted by atomic mass is 32.2. The lowest BCUT2D eigenvalue weighted by atomic mass is 10.1. The Morgan fingerprint density at radius 3 is 2.67 bits per heavy atom. The molecule has 21 heavy (non-hydrogen) atoms. The lowest BCUT2D eigenvalue weighted by molar-refractivity contribution is -0.152. The summed E-state index contributed by atoms with van der Waals surface area (Å²) < 4.78 is 30.1. The standard InChI is InChI=1S/C11H13N3O6S/c1-20-10(17)8(9(15)16)7-4-5-12-11(13-7)14-21(18,19)6-2-3-6/h4-6,8H,2-3H2,1H3,(H,15,16)(H,12,13,14). The topological polar surface area (TPSA) is 136 Å². The average Bonchev–Trinajstić information content (AvgIpc) is 3.22. The highest BCUT2D eigenvalue weighted by Crippen LogP contribution is 2.29. The molecule has 1 aromatic heterocycles. The number of aromatic nitrogens is 2. The number of carboxylic acid groups (broad SMARTS) is 1. The molecule has 1 fully saturated rings. The van der Waals surface area contributed by atoms with Crippen LogP contribution >= 0.6 is 0 Å². The van der Waals surface area contributed by atoms with E-state index in [1.54, 1.807) is 0 Å². The van der Waals surface area contributed by atoms with Gasteiger partial charge in [-0.05, 0) is 18.9 Å². The number of hydrogen-bond donors (Lipinski definition) is 2. The van der Waals surface area contributed by atoms with E-state index in [4.69, 9.17) is 5.11 Å². The monoisotopic (exact) mass is 315 g/mol. The molecule has 0 radical (unpaired) electrons. The van der Waals surface area contributed by atoms with E-state index >= 15 is 0 Å². The first-order chi connectivity index (χ1) is 9.85. The smallest absolute Gasteiger partial charge is 0.326 e. The summed E-state index contributed by atoms with van der Waals surface area (Å²) in [6.45, 7) is 0. The van der Waals surface area contributed by atoms with E-state index in [0.717, 1.165) is 7.11 Å². The molecule has 2 N–H and O–H groups in total. The van der Waals surface area contributed by atoms with Gasteiger partial charge >= 0.3 is 11.9 Å². The van der Waals surface area contributed by atoms with Crippen molar-refractivity contribution in [2.24, 2.45) is 0 Å². The summed E-state index contributed by atoms with van der Waals surface area (Å²) in [4.78, 5) is 30.1. The van der Waals surface area contributed by atoms with Crippen LogP contribution in [0.25, 0.3) is 0 Å². The van der Waals surface area contributed by atoms with Gasteiger partial charge in [0.15, 0.2) is 5.92 Å². The van der Waals surface area contributed by atoms with Crippen molar-refractivity contribution in [3.63, 3.8) is 0 Å². The van der Waals surface area contributed by atoms with E-state index in [1.807, 2.05) is 0 Å². The Balaban J connectivity index is 2.27. The van der Waals surface area contributed by atoms with Crippen molar-refractivity contribution < 1.29 is 27.9 Å². The van der Waals surface area contributed by atoms with Crippen molar-refractivity contribution in [2.45, 2.75) is 24.0 Å². The largest absolute Gasteiger partial charge is 0.480 e. The SMILES string of the molecule is COC(=O)C(C(=O)O)c1ccnc(NS(=O)(=O)C2CC2)n1. The fraction of sp³-hybridized carbons (Fsp3) is 0.455. The second-order valence-electron chi connectivity index (χ2n) is 4.45. The molecule has 10 heteroatoms. The van der Waals surface area contributed by atoms with E-state index in [2.05, 4.69) is 19.4 Å². The van der Waals surface area contributed by atoms with E-state index in [9.17, 15) is 18.0 Å². The van der Waals surface area contributed by atoms with E-state index in [-0.39, 0.29) is 11.6 Å². The summed E-state index contributed by atoms with van der Waals surface area (Å²) in [6.07, 6.45) is 2.30. The van der Waals surface area contributed by atoms with Crippen LogP contribution in [0.3, 0.4) is 0 Å². The van der Waals surface area contributed by atoms with Gasteiger partial charge in [-0.1, -0.05) is 0 Å². The number of carboxylic acids is 1. The Bertz CT molecular complexity index is 670. The number of carbonyl (C=O) groups excluding carboxylic acids is 1. The number of carbonyl (C=O) groups is 2. The fourth-order valence-electron chi connectivity index (χ4n) is 1.64. The van der Waals surface area contributed by atoms with Crippen LogP contribution in [0.1, 0.15) is 24.5 Å². The average molecular weight is 315 g/mol. The minimum Gasteiger partial charge on any atom is -0.480 e. The quantitative estimate of drug-likeness (QED) is 0.540. The zero-order valence-electron chi connectivity index (χ0n) is 11.0. The molecule has 1 atom stereocenters. The van der Waals surface area contributed by atoms with Gasteiger partial charge in [-0.25, -0.2) is 18.4 Å². The summed E-state index contributed by atoms with van der Waals surface area (Å²) in [7, 11) is -2.52. The molecule has 0 saturated heterocycles. The summed E-state index contributed by atoms with van der Waals surface area (Å²) in [5.74, 6) is -4.36. The molecule has 0 spiro atoms. The van der Waals surface area contributed by atoms with Crippen LogP contribution in [0.5, 0.6) is 0 Å². The number of ether oxygens (including phenoxy) is 1. The maximum atomic E-state index is 11.8. The van der Waals surface area contributed by atoms with Gasteiger partial charge in [0.1, 0.15) is 0 Å². The summed E-state index contributed by atoms with van der Waals surface area (Å²) in [6, 6.07) is 1.21. The molecule has 0 bridgehead atoms. The third kappa shape index (κ3) is 3.45. The number of hydrogen-bond acceptors (Lipinski definition) is 7. The predicted octanol–water partition coefficient (Wildman–Crippen LogP) is -0.278. The first-order valence-corrected chi connectivity index (χ1v) is 7.55. The first-order valence-electron chi connectivity index (χ1n) is 6.00. The molecule has 0 amide bonds. The molecule has 1 heterocycles. The number of anilines is 1. The van der Waals surface area contributed by atoms with Gasteiger partial charge in [0.05, 0.1) is 18.1 Å². The van der Waals surface area contributed by atoms with E-state index in [0.29, 0.717) is 12.8 Å². The highest BCUT2D eigenvalue weighted by molar-refractivity contribution is 7.93. The normalized spacial score (nSPS) is 16.0. The molecule has 114 valence electrons. The van der Waals surface area contributed by atoms with Crippen molar-refractivity contribution in [2.75, 3.05) is 11.8 Å². The van der Waals surface area contributed by atoms with E-state index in [1.165, 1.54) is 12.3 Å². The van der Waals surface area contributed by atoms with Crippen molar-refractivity contribution in [3.8, 4) is 0 Å². The van der Waals surface area contributed by atoms with Crippen LogP contribution in [-0.4, -0.2) is 47.8 Å². The third-order valence-corrected chi connectivity index (χ3v) is 4.67. The second-order valence-corrected chi connectivity index (χ2v) is 6.41. The molecular formula is C11H13N3O6S. The second kappa shape index (κ2) is 5.64. The zero-order valence-corrected chi connectivity index (χ0v) is 11.8. The van der Waals surface area contributed by atoms with Gasteiger partial charge in [-0.15, -0.1) is 0 Å². The lowest BCUT2D eigenvalue weighted by Gasteiger charge is -2.11. The lowest BCUT2D eigenvalue weighted by Crippen LogP contribution is -2.25. The molecule has 1 aromatic rings. The zero-order chi connectivity index (χ0) is 15.6. The predicted molar refractivity (Wildman–Crippen MR) is 70.0 cm³/mol. The minimum atomic E-state index is -3.57. The first kappa shape index (κ1) is 15.2. The maximum Gasteiger partial charge on any atom is 0.326 e. The Labute approximate surface area is 120 Å². The molecule has 0 aliphatic heterocycles. The Morgan fingerprint density at radius 2 is 2.14 bits per heavy atom. The van der Waals surface area contributed by atoms with Gasteiger partial charge in [0, 0.05) is 6.20 Å². The fourth-order valence-corrected chi connectivity index (χ4v) is 2.91. The Hall–Kier alpha value is -2.23. The molecular weight excluding hydrogens is 302 g/mol. The number of sulfonamides is 1. The van der Waals surface area contributed by atoms with Gasteiger partial charge in [-0.2, -0.15) is 0 Å². The van der Waals surface area contributed by atoms with Crippen molar-refractivity contribution in [1.29, 1.82) is 0 Å². The third-order valence-electron chi connectivity index (χ3n) is 2.85. The van der Waals surface area contributed by atoms with Crippen molar-refractivity contribution in [1.82, 2.24) is 9.97 Å². The number of aliphatic carboxylic acids is 1. The van der Waals surface area contributed by atoms with Crippen LogP contribution in [0.4, 0.5) is 5.95 Å². The van der Waals surface area contributed by atoms with Crippen LogP contribution < -0.4 is 4.72 Å². The summed E-state index contributed by atoms with van der Waals surface area (Å²) in [5, 5.41) is 8.58. The molecule has 2 rings (SSSR count). The number of nitrogens with one attached hydrogen (secondary N) is 1. The van der Waals surface area contributed by atoms with Crippen LogP contribution in [0.2, 0.25) is 0 Å². The number of rotatable bonds is 6.